The standard InChI is InChI=1S/C33H36F3NO2/c1-23(2)19-28(32(38)39)21-27-20-26(25-13-7-4-8-14-25)22-30(31(27)33(34,35)36)37-18-10-9-15-29(37)17-16-24-11-5-3-6-12-24/h3-8,11-14,16-17,20,22-23,28-29H,9-10,15,18-19,21H2,1-2H3,(H,38,39)/t28-,29?/m1/s1. The topological polar surface area (TPSA) is 40.5 Å². The average Bonchev–Trinajstić information content (AvgIpc) is 2.91. The number of nitrogens with zero attached hydrogens (tertiary/aromatic N) is 1. The monoisotopic (exact) mass is 535 g/mol. The first-order chi connectivity index (χ1) is 18.6. The molecule has 1 aliphatic rings. The van der Waals surface area contributed by atoms with Crippen LogP contribution in [-0.2, 0) is 17.4 Å². The van der Waals surface area contributed by atoms with Gasteiger partial charge in [-0.3, -0.25) is 4.79 Å². The number of carboxylic acids is 1. The fraction of sp³-hybridized carbons (Fsp3) is 0.364. The highest BCUT2D eigenvalue weighted by molar-refractivity contribution is 5.75. The second-order valence-electron chi connectivity index (χ2n) is 10.8. The second-order valence-corrected chi connectivity index (χ2v) is 10.8. The zero-order valence-electron chi connectivity index (χ0n) is 22.5. The molecule has 1 unspecified atom stereocenters. The van der Waals surface area contributed by atoms with E-state index in [-0.39, 0.29) is 29.6 Å². The van der Waals surface area contributed by atoms with Crippen LogP contribution in [0.25, 0.3) is 17.2 Å². The number of alkyl halides is 3. The molecule has 0 aliphatic carbocycles. The molecule has 3 nitrogen and oxygen atoms in total. The predicted molar refractivity (Wildman–Crippen MR) is 152 cm³/mol. The van der Waals surface area contributed by atoms with Crippen molar-refractivity contribution in [2.24, 2.45) is 11.8 Å². The molecule has 6 heteroatoms. The van der Waals surface area contributed by atoms with E-state index in [0.29, 0.717) is 18.5 Å². The Morgan fingerprint density at radius 2 is 1.67 bits per heavy atom. The van der Waals surface area contributed by atoms with Crippen LogP contribution in [-0.4, -0.2) is 23.7 Å². The van der Waals surface area contributed by atoms with Crippen molar-refractivity contribution in [1.82, 2.24) is 0 Å². The number of halogens is 3. The molecule has 1 aliphatic heterocycles. The van der Waals surface area contributed by atoms with Crippen LogP contribution in [0.1, 0.15) is 56.2 Å². The van der Waals surface area contributed by atoms with Crippen LogP contribution in [0.3, 0.4) is 0 Å². The minimum atomic E-state index is -4.63. The fourth-order valence-electron chi connectivity index (χ4n) is 5.55. The first-order valence-electron chi connectivity index (χ1n) is 13.7. The Bertz CT molecular complexity index is 1270. The Morgan fingerprint density at radius 1 is 1.00 bits per heavy atom. The number of benzene rings is 3. The lowest BCUT2D eigenvalue weighted by Gasteiger charge is -2.38. The number of hydrogen-bond acceptors (Lipinski definition) is 2. The Kier molecular flexibility index (Phi) is 9.16. The van der Waals surface area contributed by atoms with Crippen molar-refractivity contribution in [2.75, 3.05) is 11.4 Å². The van der Waals surface area contributed by atoms with Crippen molar-refractivity contribution < 1.29 is 23.1 Å². The van der Waals surface area contributed by atoms with Crippen molar-refractivity contribution >= 4 is 17.7 Å². The molecule has 1 N–H and O–H groups in total. The molecule has 4 rings (SSSR count). The van der Waals surface area contributed by atoms with E-state index in [0.717, 1.165) is 30.4 Å². The number of piperidine rings is 1. The van der Waals surface area contributed by atoms with Gasteiger partial charge in [0.1, 0.15) is 0 Å². The molecule has 2 atom stereocenters. The van der Waals surface area contributed by atoms with Crippen LogP contribution in [0.15, 0.2) is 78.9 Å². The molecule has 1 saturated heterocycles. The van der Waals surface area contributed by atoms with Gasteiger partial charge < -0.3 is 10.0 Å². The highest BCUT2D eigenvalue weighted by atomic mass is 19.4. The van der Waals surface area contributed by atoms with Gasteiger partial charge in [-0.25, -0.2) is 0 Å². The van der Waals surface area contributed by atoms with Gasteiger partial charge in [0.25, 0.3) is 0 Å². The molecule has 1 fully saturated rings. The maximum Gasteiger partial charge on any atom is 0.418 e. The summed E-state index contributed by atoms with van der Waals surface area (Å²) in [4.78, 5) is 14.0. The lowest BCUT2D eigenvalue weighted by Crippen LogP contribution is -2.39. The Morgan fingerprint density at radius 3 is 2.28 bits per heavy atom. The van der Waals surface area contributed by atoms with Crippen LogP contribution >= 0.6 is 0 Å². The van der Waals surface area contributed by atoms with Gasteiger partial charge in [0.15, 0.2) is 0 Å². The molecular formula is C33H36F3NO2. The van der Waals surface area contributed by atoms with Gasteiger partial charge in [0.2, 0.25) is 0 Å². The SMILES string of the molecule is CC(C)C[C@H](Cc1cc(-c2ccccc2)cc(N2CCCCC2C=Cc2ccccc2)c1C(F)(F)F)C(=O)O. The number of anilines is 1. The summed E-state index contributed by atoms with van der Waals surface area (Å²) < 4.78 is 44.7. The van der Waals surface area contributed by atoms with Crippen molar-refractivity contribution in [3.05, 3.63) is 95.6 Å². The van der Waals surface area contributed by atoms with E-state index in [1.165, 1.54) is 0 Å². The van der Waals surface area contributed by atoms with Crippen molar-refractivity contribution in [3.63, 3.8) is 0 Å². The van der Waals surface area contributed by atoms with Gasteiger partial charge in [-0.15, -0.1) is 0 Å². The van der Waals surface area contributed by atoms with E-state index >= 15 is 0 Å². The lowest BCUT2D eigenvalue weighted by atomic mass is 9.86. The second kappa shape index (κ2) is 12.5. The molecule has 0 aromatic heterocycles. The minimum absolute atomic E-state index is 0.0447. The number of carboxylic acid groups (broad SMARTS) is 1. The summed E-state index contributed by atoms with van der Waals surface area (Å²) in [5.41, 5.74) is 1.93. The van der Waals surface area contributed by atoms with Gasteiger partial charge in [-0.1, -0.05) is 92.7 Å². The quantitative estimate of drug-likeness (QED) is 0.298. The summed E-state index contributed by atoms with van der Waals surface area (Å²) in [7, 11) is 0. The van der Waals surface area contributed by atoms with Gasteiger partial charge in [0.05, 0.1) is 17.2 Å². The van der Waals surface area contributed by atoms with E-state index in [9.17, 15) is 23.1 Å². The Labute approximate surface area is 229 Å². The summed E-state index contributed by atoms with van der Waals surface area (Å²) in [6.07, 6.45) is 1.95. The van der Waals surface area contributed by atoms with E-state index in [4.69, 9.17) is 0 Å². The van der Waals surface area contributed by atoms with Gasteiger partial charge in [0, 0.05) is 12.6 Å². The minimum Gasteiger partial charge on any atom is -0.481 e. The summed E-state index contributed by atoms with van der Waals surface area (Å²) in [6, 6.07) is 22.1. The average molecular weight is 536 g/mol. The van der Waals surface area contributed by atoms with Crippen LogP contribution < -0.4 is 4.90 Å². The highest BCUT2D eigenvalue weighted by Gasteiger charge is 2.40. The van der Waals surface area contributed by atoms with Crippen LogP contribution in [0.5, 0.6) is 0 Å². The largest absolute Gasteiger partial charge is 0.481 e. The molecule has 0 spiro atoms. The summed E-state index contributed by atoms with van der Waals surface area (Å²) in [6.45, 7) is 4.28. The predicted octanol–water partition coefficient (Wildman–Crippen LogP) is 8.73. The van der Waals surface area contributed by atoms with Crippen molar-refractivity contribution in [1.29, 1.82) is 0 Å². The molecule has 0 amide bonds. The molecule has 3 aromatic rings. The van der Waals surface area contributed by atoms with Crippen molar-refractivity contribution in [2.45, 2.75) is 58.2 Å². The number of carbonyl (C=O) groups is 1. The first kappa shape index (κ1) is 28.5. The van der Waals surface area contributed by atoms with Crippen LogP contribution in [0, 0.1) is 11.8 Å². The third-order valence-corrected chi connectivity index (χ3v) is 7.33. The molecule has 0 bridgehead atoms. The molecule has 1 heterocycles. The third-order valence-electron chi connectivity index (χ3n) is 7.33. The van der Waals surface area contributed by atoms with E-state index in [1.54, 1.807) is 12.1 Å². The van der Waals surface area contributed by atoms with Gasteiger partial charge in [-0.05, 0) is 66.3 Å². The van der Waals surface area contributed by atoms with E-state index in [1.807, 2.05) is 91.6 Å². The normalized spacial score (nSPS) is 17.1. The third kappa shape index (κ3) is 7.31. The molecule has 3 aromatic carbocycles. The molecule has 39 heavy (non-hydrogen) atoms. The first-order valence-corrected chi connectivity index (χ1v) is 13.7. The number of aliphatic carboxylic acids is 1. The summed E-state index contributed by atoms with van der Waals surface area (Å²) >= 11 is 0. The molecule has 0 saturated carbocycles. The van der Waals surface area contributed by atoms with Crippen LogP contribution in [0.2, 0.25) is 0 Å². The molecule has 0 radical (unpaired) electrons. The Balaban J connectivity index is 1.87. The van der Waals surface area contributed by atoms with Gasteiger partial charge >= 0.3 is 12.1 Å². The zero-order valence-corrected chi connectivity index (χ0v) is 22.5. The highest BCUT2D eigenvalue weighted by Crippen LogP contribution is 2.44. The summed E-state index contributed by atoms with van der Waals surface area (Å²) in [5.74, 6) is -1.92. The smallest absolute Gasteiger partial charge is 0.418 e. The number of rotatable bonds is 9. The fourth-order valence-corrected chi connectivity index (χ4v) is 5.55. The van der Waals surface area contributed by atoms with E-state index < -0.39 is 23.6 Å². The molecule has 206 valence electrons. The lowest BCUT2D eigenvalue weighted by molar-refractivity contribution is -0.143. The number of hydrogen-bond donors (Lipinski definition) is 1. The van der Waals surface area contributed by atoms with Gasteiger partial charge in [-0.2, -0.15) is 13.2 Å². The maximum absolute atomic E-state index is 14.9. The Hall–Kier alpha value is -3.54. The zero-order chi connectivity index (χ0) is 28.0. The summed E-state index contributed by atoms with van der Waals surface area (Å²) in [5, 5.41) is 9.90. The molecular weight excluding hydrogens is 499 g/mol. The maximum atomic E-state index is 14.9. The van der Waals surface area contributed by atoms with Crippen LogP contribution in [0.4, 0.5) is 18.9 Å². The van der Waals surface area contributed by atoms with Crippen molar-refractivity contribution in [3.8, 4) is 11.1 Å². The van der Waals surface area contributed by atoms with E-state index in [2.05, 4.69) is 0 Å².